The van der Waals surface area contributed by atoms with Crippen LogP contribution >= 0.6 is 0 Å². The van der Waals surface area contributed by atoms with Crippen molar-refractivity contribution in [3.8, 4) is 0 Å². The van der Waals surface area contributed by atoms with E-state index in [0.717, 1.165) is 0 Å². The molecule has 0 fully saturated rings. The lowest BCUT2D eigenvalue weighted by atomic mass is 10.1. The summed E-state index contributed by atoms with van der Waals surface area (Å²) >= 11 is 0. The maximum atomic E-state index is 11.7. The van der Waals surface area contributed by atoms with Crippen molar-refractivity contribution >= 4 is 22.4 Å². The molecule has 1 aromatic heterocycles. The molecule has 94 valence electrons. The molecule has 0 radical (unpaired) electrons. The summed E-state index contributed by atoms with van der Waals surface area (Å²) in [6.45, 7) is 1.53. The van der Waals surface area contributed by atoms with Crippen molar-refractivity contribution in [3.05, 3.63) is 38.9 Å². The molecule has 1 amide bonds. The largest absolute Gasteiger partial charge is 0.324 e. The fourth-order valence-electron chi connectivity index (χ4n) is 1.58. The highest BCUT2D eigenvalue weighted by Crippen LogP contribution is 2.16. The molecule has 1 atom stereocenters. The number of aromatic amines is 2. The lowest BCUT2D eigenvalue weighted by Crippen LogP contribution is -2.33. The summed E-state index contributed by atoms with van der Waals surface area (Å²) in [5, 5.41) is 7.28. The van der Waals surface area contributed by atoms with E-state index in [4.69, 9.17) is 5.73 Å². The summed E-state index contributed by atoms with van der Waals surface area (Å²) in [4.78, 5) is 34.8. The Labute approximate surface area is 101 Å². The Morgan fingerprint density at radius 1 is 1.28 bits per heavy atom. The molecule has 7 heteroatoms. The van der Waals surface area contributed by atoms with Gasteiger partial charge in [0.05, 0.1) is 22.5 Å². The molecule has 5 N–H and O–H groups in total. The van der Waals surface area contributed by atoms with Gasteiger partial charge >= 0.3 is 0 Å². The molecule has 0 bridgehead atoms. The Balaban J connectivity index is 2.66. The molecule has 18 heavy (non-hydrogen) atoms. The van der Waals surface area contributed by atoms with Gasteiger partial charge in [-0.2, -0.15) is 0 Å². The van der Waals surface area contributed by atoms with Gasteiger partial charge in [-0.3, -0.25) is 24.6 Å². The van der Waals surface area contributed by atoms with E-state index < -0.39 is 23.1 Å². The second-order valence-electron chi connectivity index (χ2n) is 3.91. The topological polar surface area (TPSA) is 121 Å². The molecule has 0 saturated heterocycles. The SMILES string of the molecule is C[C@H](N)C(=O)Nc1cccc2c(=O)[nH][nH]c(=O)c12. The summed E-state index contributed by atoms with van der Waals surface area (Å²) in [5.41, 5.74) is 4.79. The predicted octanol–water partition coefficient (Wildman–Crippen LogP) is -0.498. The Morgan fingerprint density at radius 2 is 1.94 bits per heavy atom. The van der Waals surface area contributed by atoms with Gasteiger partial charge in [0, 0.05) is 0 Å². The van der Waals surface area contributed by atoms with Crippen molar-refractivity contribution in [2.45, 2.75) is 13.0 Å². The van der Waals surface area contributed by atoms with Crippen LogP contribution < -0.4 is 22.2 Å². The number of carbonyl (C=O) groups is 1. The summed E-state index contributed by atoms with van der Waals surface area (Å²) in [7, 11) is 0. The standard InChI is InChI=1S/C11H12N4O3/c1-5(12)9(16)13-7-4-2-3-6-8(7)11(18)15-14-10(6)17/h2-5H,12H2,1H3,(H,13,16)(H,14,17)(H,15,18)/t5-/m0/s1. The molecule has 0 unspecified atom stereocenters. The number of hydrogen-bond acceptors (Lipinski definition) is 4. The van der Waals surface area contributed by atoms with E-state index in [1.807, 2.05) is 0 Å². The molecule has 1 aromatic carbocycles. The number of anilines is 1. The van der Waals surface area contributed by atoms with Crippen LogP contribution in [0.25, 0.3) is 10.8 Å². The number of carbonyl (C=O) groups excluding carboxylic acids is 1. The molecule has 0 aliphatic carbocycles. The lowest BCUT2D eigenvalue weighted by molar-refractivity contribution is -0.117. The monoisotopic (exact) mass is 248 g/mol. The van der Waals surface area contributed by atoms with Gasteiger partial charge in [0.15, 0.2) is 0 Å². The van der Waals surface area contributed by atoms with Crippen molar-refractivity contribution in [3.63, 3.8) is 0 Å². The van der Waals surface area contributed by atoms with Gasteiger partial charge in [0.1, 0.15) is 0 Å². The van der Waals surface area contributed by atoms with Crippen LogP contribution in [0.4, 0.5) is 5.69 Å². The number of H-pyrrole nitrogens is 2. The average Bonchev–Trinajstić information content (AvgIpc) is 2.34. The summed E-state index contributed by atoms with van der Waals surface area (Å²) in [6.07, 6.45) is 0. The average molecular weight is 248 g/mol. The van der Waals surface area contributed by atoms with E-state index in [9.17, 15) is 14.4 Å². The smallest absolute Gasteiger partial charge is 0.272 e. The molecular weight excluding hydrogens is 236 g/mol. The van der Waals surface area contributed by atoms with Crippen LogP contribution in [0.15, 0.2) is 27.8 Å². The Bertz CT molecular complexity index is 714. The molecule has 7 nitrogen and oxygen atoms in total. The molecule has 0 aliphatic heterocycles. The van der Waals surface area contributed by atoms with Crippen molar-refractivity contribution in [2.24, 2.45) is 5.73 Å². The molecule has 2 rings (SSSR count). The molecule has 0 saturated carbocycles. The van der Waals surface area contributed by atoms with Gasteiger partial charge < -0.3 is 11.1 Å². The predicted molar refractivity (Wildman–Crippen MR) is 67.5 cm³/mol. The summed E-state index contributed by atoms with van der Waals surface area (Å²) < 4.78 is 0. The van der Waals surface area contributed by atoms with Crippen LogP contribution in [0.2, 0.25) is 0 Å². The number of nitrogens with one attached hydrogen (secondary N) is 3. The molecule has 1 heterocycles. The van der Waals surface area contributed by atoms with Gasteiger partial charge in [-0.15, -0.1) is 0 Å². The number of hydrogen-bond donors (Lipinski definition) is 4. The lowest BCUT2D eigenvalue weighted by Gasteiger charge is -2.09. The van der Waals surface area contributed by atoms with Gasteiger partial charge in [-0.05, 0) is 19.1 Å². The number of amides is 1. The quantitative estimate of drug-likeness (QED) is 0.572. The zero-order chi connectivity index (χ0) is 13.3. The van der Waals surface area contributed by atoms with Crippen molar-refractivity contribution < 1.29 is 4.79 Å². The zero-order valence-corrected chi connectivity index (χ0v) is 9.61. The van der Waals surface area contributed by atoms with Crippen LogP contribution in [-0.2, 0) is 4.79 Å². The maximum Gasteiger partial charge on any atom is 0.272 e. The highest BCUT2D eigenvalue weighted by Gasteiger charge is 2.12. The normalized spacial score (nSPS) is 12.3. The number of nitrogens with two attached hydrogens (primary N) is 1. The van der Waals surface area contributed by atoms with Crippen molar-refractivity contribution in [1.29, 1.82) is 0 Å². The van der Waals surface area contributed by atoms with E-state index in [2.05, 4.69) is 15.5 Å². The minimum absolute atomic E-state index is 0.134. The van der Waals surface area contributed by atoms with Crippen LogP contribution in [0.1, 0.15) is 6.92 Å². The van der Waals surface area contributed by atoms with Crippen molar-refractivity contribution in [1.82, 2.24) is 10.2 Å². The van der Waals surface area contributed by atoms with Crippen LogP contribution in [0, 0.1) is 0 Å². The van der Waals surface area contributed by atoms with E-state index in [1.165, 1.54) is 19.1 Å². The van der Waals surface area contributed by atoms with E-state index in [0.29, 0.717) is 0 Å². The van der Waals surface area contributed by atoms with Crippen LogP contribution in [0.5, 0.6) is 0 Å². The van der Waals surface area contributed by atoms with E-state index >= 15 is 0 Å². The van der Waals surface area contributed by atoms with Gasteiger partial charge in [-0.25, -0.2) is 0 Å². The molecule has 2 aromatic rings. The highest BCUT2D eigenvalue weighted by atomic mass is 16.2. The number of fused-ring (bicyclic) bond motifs is 1. The first-order chi connectivity index (χ1) is 8.50. The fourth-order valence-corrected chi connectivity index (χ4v) is 1.58. The molecule has 0 spiro atoms. The summed E-state index contributed by atoms with van der Waals surface area (Å²) in [6, 6.07) is 3.91. The van der Waals surface area contributed by atoms with E-state index in [-0.39, 0.29) is 16.5 Å². The number of aromatic nitrogens is 2. The number of benzene rings is 1. The molecular formula is C11H12N4O3. The number of rotatable bonds is 2. The summed E-state index contributed by atoms with van der Waals surface area (Å²) in [5.74, 6) is -0.429. The van der Waals surface area contributed by atoms with E-state index in [1.54, 1.807) is 6.07 Å². The minimum atomic E-state index is -0.707. The Hall–Kier alpha value is -2.41. The fraction of sp³-hybridized carbons (Fsp3) is 0.182. The second kappa shape index (κ2) is 4.46. The zero-order valence-electron chi connectivity index (χ0n) is 9.61. The Kier molecular flexibility index (Phi) is 2.99. The first-order valence-corrected chi connectivity index (χ1v) is 5.31. The van der Waals surface area contributed by atoms with Crippen LogP contribution in [0.3, 0.4) is 0 Å². The Morgan fingerprint density at radius 3 is 2.61 bits per heavy atom. The third-order valence-corrected chi connectivity index (χ3v) is 2.50. The van der Waals surface area contributed by atoms with Crippen molar-refractivity contribution in [2.75, 3.05) is 5.32 Å². The maximum absolute atomic E-state index is 11.7. The van der Waals surface area contributed by atoms with Gasteiger partial charge in [0.2, 0.25) is 5.91 Å². The van der Waals surface area contributed by atoms with Gasteiger partial charge in [0.25, 0.3) is 11.1 Å². The molecule has 0 aliphatic rings. The second-order valence-corrected chi connectivity index (χ2v) is 3.91. The first-order valence-electron chi connectivity index (χ1n) is 5.31. The third-order valence-electron chi connectivity index (χ3n) is 2.50. The first kappa shape index (κ1) is 12.1. The third kappa shape index (κ3) is 2.03. The minimum Gasteiger partial charge on any atom is -0.324 e. The van der Waals surface area contributed by atoms with Crippen LogP contribution in [-0.4, -0.2) is 22.1 Å². The highest BCUT2D eigenvalue weighted by molar-refractivity contribution is 6.02. The van der Waals surface area contributed by atoms with Gasteiger partial charge in [-0.1, -0.05) is 6.07 Å².